The number of anilines is 1. The van der Waals surface area contributed by atoms with E-state index in [1.807, 2.05) is 5.32 Å². The second kappa shape index (κ2) is 8.63. The fourth-order valence-corrected chi connectivity index (χ4v) is 1.54. The fourth-order valence-electron chi connectivity index (χ4n) is 1.54. The van der Waals surface area contributed by atoms with Crippen LogP contribution in [-0.2, 0) is 14.3 Å². The van der Waals surface area contributed by atoms with Crippen molar-refractivity contribution in [3.8, 4) is 0 Å². The van der Waals surface area contributed by atoms with Crippen molar-refractivity contribution in [2.45, 2.75) is 13.0 Å². The van der Waals surface area contributed by atoms with Gasteiger partial charge in [0.2, 0.25) is 0 Å². The lowest BCUT2D eigenvalue weighted by molar-refractivity contribution is -0.128. The number of para-hydroxylation sites is 1. The molecule has 0 aromatic heterocycles. The highest BCUT2D eigenvalue weighted by atomic mass is 16.6. The maximum absolute atomic E-state index is 12.1. The number of esters is 1. The molecule has 8 heteroatoms. The van der Waals surface area contributed by atoms with Gasteiger partial charge in [-0.3, -0.25) is 10.1 Å². The third-order valence-electron chi connectivity index (χ3n) is 2.64. The van der Waals surface area contributed by atoms with E-state index in [0.29, 0.717) is 5.69 Å². The first kappa shape index (κ1) is 17.4. The molecule has 0 saturated heterocycles. The number of carbonyl (C=O) groups excluding carboxylic acids is 3. The summed E-state index contributed by atoms with van der Waals surface area (Å²) in [4.78, 5) is 34.6. The lowest BCUT2D eigenvalue weighted by atomic mass is 10.2. The maximum Gasteiger partial charge on any atom is 0.413 e. The average molecular weight is 310 g/mol. The van der Waals surface area contributed by atoms with E-state index < -0.39 is 24.1 Å². The Morgan fingerprint density at radius 2 is 1.95 bits per heavy atom. The third kappa shape index (κ3) is 5.06. The number of imide groups is 1. The van der Waals surface area contributed by atoms with Gasteiger partial charge in [0.25, 0.3) is 5.91 Å². The van der Waals surface area contributed by atoms with Gasteiger partial charge in [-0.2, -0.15) is 0 Å². The number of hydrogen-bond donors (Lipinski definition) is 3. The monoisotopic (exact) mass is 310 g/mol. The number of methoxy groups -OCH3 is 1. The number of carbonyl (C=O) groups is 3. The van der Waals surface area contributed by atoms with E-state index in [9.17, 15) is 14.4 Å². The van der Waals surface area contributed by atoms with Crippen LogP contribution in [0.2, 0.25) is 0 Å². The average Bonchev–Trinajstić information content (AvgIpc) is 2.52. The second-order valence-corrected chi connectivity index (χ2v) is 4.22. The van der Waals surface area contributed by atoms with E-state index in [4.69, 9.17) is 9.84 Å². The van der Waals surface area contributed by atoms with E-state index in [0.717, 1.165) is 7.11 Å². The summed E-state index contributed by atoms with van der Waals surface area (Å²) >= 11 is 0. The molecule has 1 rings (SSSR count). The SMILES string of the molecule is COC(=O)NC(=O)[C@H](C)OC(=O)c1ccccc1NCCO. The topological polar surface area (TPSA) is 114 Å². The van der Waals surface area contributed by atoms with Gasteiger partial charge >= 0.3 is 12.1 Å². The van der Waals surface area contributed by atoms with Crippen LogP contribution in [0.3, 0.4) is 0 Å². The minimum Gasteiger partial charge on any atom is -0.453 e. The third-order valence-corrected chi connectivity index (χ3v) is 2.64. The highest BCUT2D eigenvalue weighted by molar-refractivity contribution is 5.99. The molecule has 2 amide bonds. The number of aliphatic hydroxyl groups is 1. The van der Waals surface area contributed by atoms with Crippen molar-refractivity contribution in [2.24, 2.45) is 0 Å². The van der Waals surface area contributed by atoms with Crippen LogP contribution in [-0.4, -0.2) is 49.4 Å². The molecule has 3 N–H and O–H groups in total. The molecule has 1 aromatic rings. The number of hydrogen-bond acceptors (Lipinski definition) is 7. The van der Waals surface area contributed by atoms with E-state index >= 15 is 0 Å². The van der Waals surface area contributed by atoms with Crippen LogP contribution in [0.1, 0.15) is 17.3 Å². The molecular weight excluding hydrogens is 292 g/mol. The zero-order valence-corrected chi connectivity index (χ0v) is 12.3. The molecule has 0 heterocycles. The van der Waals surface area contributed by atoms with Crippen molar-refractivity contribution < 1.29 is 29.0 Å². The van der Waals surface area contributed by atoms with Gasteiger partial charge < -0.3 is 19.9 Å². The summed E-state index contributed by atoms with van der Waals surface area (Å²) in [5, 5.41) is 13.6. The Balaban J connectivity index is 2.72. The number of amides is 2. The van der Waals surface area contributed by atoms with Crippen LogP contribution >= 0.6 is 0 Å². The Morgan fingerprint density at radius 1 is 1.27 bits per heavy atom. The van der Waals surface area contributed by atoms with Crippen LogP contribution < -0.4 is 10.6 Å². The summed E-state index contributed by atoms with van der Waals surface area (Å²) in [7, 11) is 1.11. The summed E-state index contributed by atoms with van der Waals surface area (Å²) in [5.41, 5.74) is 0.691. The van der Waals surface area contributed by atoms with Crippen LogP contribution in [0.25, 0.3) is 0 Å². The number of ether oxygens (including phenoxy) is 2. The summed E-state index contributed by atoms with van der Waals surface area (Å²) in [5.74, 6) is -1.52. The number of aliphatic hydroxyl groups excluding tert-OH is 1. The van der Waals surface area contributed by atoms with Crippen LogP contribution in [0.15, 0.2) is 24.3 Å². The number of nitrogens with one attached hydrogen (secondary N) is 2. The molecular formula is C14H18N2O6. The fraction of sp³-hybridized carbons (Fsp3) is 0.357. The van der Waals surface area contributed by atoms with Gasteiger partial charge in [0.05, 0.1) is 19.3 Å². The van der Waals surface area contributed by atoms with Gasteiger partial charge in [-0.1, -0.05) is 12.1 Å². The first-order valence-electron chi connectivity index (χ1n) is 6.53. The molecule has 0 aliphatic carbocycles. The Hall–Kier alpha value is -2.61. The molecule has 8 nitrogen and oxygen atoms in total. The standard InChI is InChI=1S/C14H18N2O6/c1-9(12(18)16-14(20)21-2)22-13(19)10-5-3-4-6-11(10)15-7-8-17/h3-6,9,15,17H,7-8H2,1-2H3,(H,16,18,20)/t9-/m0/s1. The van der Waals surface area contributed by atoms with Crippen molar-refractivity contribution >= 4 is 23.7 Å². The molecule has 0 unspecified atom stereocenters. The molecule has 22 heavy (non-hydrogen) atoms. The minimum absolute atomic E-state index is 0.0959. The molecule has 0 bridgehead atoms. The van der Waals surface area contributed by atoms with Gasteiger partial charge in [-0.15, -0.1) is 0 Å². The molecule has 0 aliphatic heterocycles. The van der Waals surface area contributed by atoms with Crippen molar-refractivity contribution in [1.29, 1.82) is 0 Å². The maximum atomic E-state index is 12.1. The minimum atomic E-state index is -1.17. The van der Waals surface area contributed by atoms with Crippen LogP contribution in [0.5, 0.6) is 0 Å². The zero-order valence-electron chi connectivity index (χ0n) is 12.3. The van der Waals surface area contributed by atoms with E-state index in [2.05, 4.69) is 10.1 Å². The quantitative estimate of drug-likeness (QED) is 0.656. The Kier molecular flexibility index (Phi) is 6.84. The molecule has 0 fully saturated rings. The molecule has 0 radical (unpaired) electrons. The molecule has 1 aromatic carbocycles. The van der Waals surface area contributed by atoms with Gasteiger partial charge in [0.15, 0.2) is 6.10 Å². The van der Waals surface area contributed by atoms with E-state index in [-0.39, 0.29) is 18.7 Å². The highest BCUT2D eigenvalue weighted by Gasteiger charge is 2.22. The van der Waals surface area contributed by atoms with Gasteiger partial charge in [0, 0.05) is 12.2 Å². The zero-order chi connectivity index (χ0) is 16.5. The second-order valence-electron chi connectivity index (χ2n) is 4.22. The Bertz CT molecular complexity index is 546. The van der Waals surface area contributed by atoms with E-state index in [1.165, 1.54) is 13.0 Å². The van der Waals surface area contributed by atoms with Crippen LogP contribution in [0.4, 0.5) is 10.5 Å². The smallest absolute Gasteiger partial charge is 0.413 e. The van der Waals surface area contributed by atoms with Crippen molar-refractivity contribution in [1.82, 2.24) is 5.32 Å². The first-order chi connectivity index (χ1) is 10.5. The Morgan fingerprint density at radius 3 is 2.59 bits per heavy atom. The number of alkyl carbamates (subject to hydrolysis) is 1. The normalized spacial score (nSPS) is 11.2. The molecule has 1 atom stereocenters. The van der Waals surface area contributed by atoms with Crippen molar-refractivity contribution in [3.05, 3.63) is 29.8 Å². The summed E-state index contributed by atoms with van der Waals surface area (Å²) in [6.45, 7) is 1.50. The van der Waals surface area contributed by atoms with Gasteiger partial charge in [-0.25, -0.2) is 9.59 Å². The van der Waals surface area contributed by atoms with Crippen molar-refractivity contribution in [2.75, 3.05) is 25.6 Å². The summed E-state index contributed by atoms with van der Waals surface area (Å²) in [6, 6.07) is 6.52. The van der Waals surface area contributed by atoms with Gasteiger partial charge in [0.1, 0.15) is 0 Å². The molecule has 120 valence electrons. The van der Waals surface area contributed by atoms with Crippen molar-refractivity contribution in [3.63, 3.8) is 0 Å². The number of benzene rings is 1. The molecule has 0 aliphatic rings. The lowest BCUT2D eigenvalue weighted by Gasteiger charge is -2.14. The predicted molar refractivity (Wildman–Crippen MR) is 77.4 cm³/mol. The largest absolute Gasteiger partial charge is 0.453 e. The number of rotatable bonds is 6. The molecule has 0 spiro atoms. The van der Waals surface area contributed by atoms with Gasteiger partial charge in [-0.05, 0) is 19.1 Å². The summed E-state index contributed by atoms with van der Waals surface area (Å²) in [6.07, 6.45) is -2.10. The lowest BCUT2D eigenvalue weighted by Crippen LogP contribution is -2.39. The summed E-state index contributed by atoms with van der Waals surface area (Å²) < 4.78 is 9.28. The molecule has 0 saturated carbocycles. The predicted octanol–water partition coefficient (Wildman–Crippen LogP) is 0.519. The Labute approximate surface area is 127 Å². The highest BCUT2D eigenvalue weighted by Crippen LogP contribution is 2.16. The van der Waals surface area contributed by atoms with E-state index in [1.54, 1.807) is 18.2 Å². The first-order valence-corrected chi connectivity index (χ1v) is 6.53. The van der Waals surface area contributed by atoms with Crippen LogP contribution in [0, 0.1) is 0 Å².